The van der Waals surface area contributed by atoms with E-state index < -0.39 is 5.54 Å². The van der Waals surface area contributed by atoms with Gasteiger partial charge in [0.15, 0.2) is 0 Å². The molecule has 1 aliphatic rings. The van der Waals surface area contributed by atoms with Crippen molar-refractivity contribution in [2.75, 3.05) is 5.32 Å². The number of rotatable bonds is 4. The summed E-state index contributed by atoms with van der Waals surface area (Å²) in [6.07, 6.45) is 4.98. The molecule has 0 unspecified atom stereocenters. The minimum atomic E-state index is -0.577. The number of carbonyl (C=O) groups is 1. The summed E-state index contributed by atoms with van der Waals surface area (Å²) in [6, 6.07) is 7.88. The fourth-order valence-electron chi connectivity index (χ4n) is 2.85. The Kier molecular flexibility index (Phi) is 4.50. The minimum absolute atomic E-state index is 0.234. The fourth-order valence-corrected chi connectivity index (χ4v) is 3.25. The SMILES string of the molecule is CCC1CCC(Nc2cccc(Br)c2)(C(N)=O)CC1. The molecule has 0 aliphatic heterocycles. The van der Waals surface area contributed by atoms with Crippen LogP contribution >= 0.6 is 15.9 Å². The van der Waals surface area contributed by atoms with Crippen molar-refractivity contribution in [3.05, 3.63) is 28.7 Å². The van der Waals surface area contributed by atoms with E-state index >= 15 is 0 Å². The van der Waals surface area contributed by atoms with Crippen molar-refractivity contribution >= 4 is 27.5 Å². The Morgan fingerprint density at radius 2 is 2.16 bits per heavy atom. The third-order valence-corrected chi connectivity index (χ3v) is 4.71. The Morgan fingerprint density at radius 1 is 1.47 bits per heavy atom. The Bertz CT molecular complexity index is 453. The molecule has 104 valence electrons. The molecule has 4 heteroatoms. The molecule has 1 aromatic carbocycles. The molecule has 1 amide bonds. The van der Waals surface area contributed by atoms with E-state index in [1.807, 2.05) is 24.3 Å². The average molecular weight is 325 g/mol. The number of amides is 1. The zero-order valence-corrected chi connectivity index (χ0v) is 12.9. The van der Waals surface area contributed by atoms with Crippen LogP contribution < -0.4 is 11.1 Å². The first kappa shape index (κ1) is 14.4. The summed E-state index contributed by atoms with van der Waals surface area (Å²) in [5.74, 6) is 0.499. The maximum Gasteiger partial charge on any atom is 0.243 e. The smallest absolute Gasteiger partial charge is 0.243 e. The Labute approximate surface area is 123 Å². The monoisotopic (exact) mass is 324 g/mol. The van der Waals surface area contributed by atoms with Crippen molar-refractivity contribution in [3.8, 4) is 0 Å². The number of nitrogens with one attached hydrogen (secondary N) is 1. The van der Waals surface area contributed by atoms with Crippen LogP contribution in [0.1, 0.15) is 39.0 Å². The molecule has 1 saturated carbocycles. The van der Waals surface area contributed by atoms with Crippen LogP contribution in [0.3, 0.4) is 0 Å². The van der Waals surface area contributed by atoms with Crippen molar-refractivity contribution in [3.63, 3.8) is 0 Å². The summed E-state index contributed by atoms with van der Waals surface area (Å²) in [5.41, 5.74) is 6.03. The van der Waals surface area contributed by atoms with E-state index in [4.69, 9.17) is 5.73 Å². The van der Waals surface area contributed by atoms with E-state index in [9.17, 15) is 4.79 Å². The van der Waals surface area contributed by atoms with Crippen molar-refractivity contribution in [2.45, 2.75) is 44.6 Å². The van der Waals surface area contributed by atoms with E-state index in [-0.39, 0.29) is 5.91 Å². The third kappa shape index (κ3) is 3.30. The third-order valence-electron chi connectivity index (χ3n) is 4.22. The van der Waals surface area contributed by atoms with Gasteiger partial charge in [0.25, 0.3) is 0 Å². The maximum atomic E-state index is 11.9. The predicted octanol–water partition coefficient (Wildman–Crippen LogP) is 3.69. The largest absolute Gasteiger partial charge is 0.371 e. The van der Waals surface area contributed by atoms with Crippen molar-refractivity contribution in [1.82, 2.24) is 0 Å². The standard InChI is InChI=1S/C15H21BrN2O/c1-2-11-6-8-15(9-7-11,14(17)19)18-13-5-3-4-12(16)10-13/h3-5,10-11,18H,2,6-9H2,1H3,(H2,17,19). The second-order valence-electron chi connectivity index (χ2n) is 5.43. The van der Waals surface area contributed by atoms with E-state index in [0.29, 0.717) is 0 Å². The molecule has 0 saturated heterocycles. The van der Waals surface area contributed by atoms with Gasteiger partial charge in [-0.1, -0.05) is 35.3 Å². The quantitative estimate of drug-likeness (QED) is 0.887. The van der Waals surface area contributed by atoms with Crippen LogP contribution in [0, 0.1) is 5.92 Å². The summed E-state index contributed by atoms with van der Waals surface area (Å²) in [5, 5.41) is 3.37. The van der Waals surface area contributed by atoms with Gasteiger partial charge < -0.3 is 11.1 Å². The van der Waals surface area contributed by atoms with Crippen LogP contribution in [-0.4, -0.2) is 11.4 Å². The zero-order chi connectivity index (χ0) is 13.9. The number of carbonyl (C=O) groups excluding carboxylic acids is 1. The number of benzene rings is 1. The van der Waals surface area contributed by atoms with Crippen molar-refractivity contribution < 1.29 is 4.79 Å². The topological polar surface area (TPSA) is 55.1 Å². The zero-order valence-electron chi connectivity index (χ0n) is 11.3. The van der Waals surface area contributed by atoms with Gasteiger partial charge in [-0.15, -0.1) is 0 Å². The van der Waals surface area contributed by atoms with Gasteiger partial charge in [0.1, 0.15) is 5.54 Å². The van der Waals surface area contributed by atoms with E-state index in [2.05, 4.69) is 28.2 Å². The normalized spacial score (nSPS) is 26.9. The van der Waals surface area contributed by atoms with E-state index in [1.165, 1.54) is 6.42 Å². The lowest BCUT2D eigenvalue weighted by atomic mass is 9.75. The number of nitrogens with two attached hydrogens (primary N) is 1. The minimum Gasteiger partial charge on any atom is -0.371 e. The maximum absolute atomic E-state index is 11.9. The molecule has 0 spiro atoms. The van der Waals surface area contributed by atoms with Gasteiger partial charge in [-0.05, 0) is 49.8 Å². The lowest BCUT2D eigenvalue weighted by molar-refractivity contribution is -0.123. The van der Waals surface area contributed by atoms with Gasteiger partial charge in [-0.25, -0.2) is 0 Å². The van der Waals surface area contributed by atoms with Crippen LogP contribution in [0.2, 0.25) is 0 Å². The Hall–Kier alpha value is -1.03. The summed E-state index contributed by atoms with van der Waals surface area (Å²) >= 11 is 3.45. The highest BCUT2D eigenvalue weighted by Gasteiger charge is 2.39. The van der Waals surface area contributed by atoms with Gasteiger partial charge in [0.05, 0.1) is 0 Å². The number of hydrogen-bond donors (Lipinski definition) is 2. The predicted molar refractivity (Wildman–Crippen MR) is 81.9 cm³/mol. The number of anilines is 1. The Balaban J connectivity index is 2.15. The molecule has 1 fully saturated rings. The van der Waals surface area contributed by atoms with E-state index in [1.54, 1.807) is 0 Å². The number of hydrogen-bond acceptors (Lipinski definition) is 2. The van der Waals surface area contributed by atoms with Gasteiger partial charge in [-0.3, -0.25) is 4.79 Å². The summed E-state index contributed by atoms with van der Waals surface area (Å²) in [7, 11) is 0. The first-order chi connectivity index (χ1) is 9.05. The lowest BCUT2D eigenvalue weighted by Crippen LogP contribution is -2.52. The molecule has 19 heavy (non-hydrogen) atoms. The molecule has 0 bridgehead atoms. The summed E-state index contributed by atoms with van der Waals surface area (Å²) in [6.45, 7) is 2.21. The molecule has 0 radical (unpaired) electrons. The molecule has 2 rings (SSSR count). The highest BCUT2D eigenvalue weighted by molar-refractivity contribution is 9.10. The highest BCUT2D eigenvalue weighted by Crippen LogP contribution is 2.36. The van der Waals surface area contributed by atoms with Crippen LogP contribution in [0.25, 0.3) is 0 Å². The number of halogens is 1. The van der Waals surface area contributed by atoms with Crippen LogP contribution in [0.5, 0.6) is 0 Å². The highest BCUT2D eigenvalue weighted by atomic mass is 79.9. The van der Waals surface area contributed by atoms with E-state index in [0.717, 1.165) is 41.8 Å². The van der Waals surface area contributed by atoms with Gasteiger partial charge >= 0.3 is 0 Å². The van der Waals surface area contributed by atoms with Gasteiger partial charge in [0.2, 0.25) is 5.91 Å². The molecule has 1 aromatic rings. The molecule has 3 nitrogen and oxygen atoms in total. The molecule has 0 atom stereocenters. The fraction of sp³-hybridized carbons (Fsp3) is 0.533. The van der Waals surface area contributed by atoms with Crippen LogP contribution in [-0.2, 0) is 4.79 Å². The van der Waals surface area contributed by atoms with Gasteiger partial charge in [-0.2, -0.15) is 0 Å². The second-order valence-corrected chi connectivity index (χ2v) is 6.35. The first-order valence-electron chi connectivity index (χ1n) is 6.89. The first-order valence-corrected chi connectivity index (χ1v) is 7.69. The molecular formula is C15H21BrN2O. The second kappa shape index (κ2) is 5.95. The van der Waals surface area contributed by atoms with Crippen molar-refractivity contribution in [2.24, 2.45) is 11.7 Å². The molecule has 3 N–H and O–H groups in total. The molecule has 0 aromatic heterocycles. The van der Waals surface area contributed by atoms with Gasteiger partial charge in [0, 0.05) is 10.2 Å². The van der Waals surface area contributed by atoms with Crippen LogP contribution in [0.4, 0.5) is 5.69 Å². The lowest BCUT2D eigenvalue weighted by Gasteiger charge is -2.39. The number of primary amides is 1. The molecule has 1 aliphatic carbocycles. The van der Waals surface area contributed by atoms with Crippen LogP contribution in [0.15, 0.2) is 28.7 Å². The Morgan fingerprint density at radius 3 is 2.68 bits per heavy atom. The summed E-state index contributed by atoms with van der Waals surface area (Å²) < 4.78 is 0.999. The molecular weight excluding hydrogens is 304 g/mol. The average Bonchev–Trinajstić information content (AvgIpc) is 2.39. The summed E-state index contributed by atoms with van der Waals surface area (Å²) in [4.78, 5) is 11.9. The molecule has 0 heterocycles. The van der Waals surface area contributed by atoms with Crippen molar-refractivity contribution in [1.29, 1.82) is 0 Å².